The van der Waals surface area contributed by atoms with E-state index in [4.69, 9.17) is 9.84 Å². The smallest absolute Gasteiger partial charge is 0.306 e. The van der Waals surface area contributed by atoms with Crippen LogP contribution >= 0.6 is 0 Å². The van der Waals surface area contributed by atoms with Crippen molar-refractivity contribution < 1.29 is 19.4 Å². The molecule has 0 spiro atoms. The maximum absolute atomic E-state index is 12.6. The molecular formula is C40H68O4. The summed E-state index contributed by atoms with van der Waals surface area (Å²) in [5.41, 5.74) is 0. The highest BCUT2D eigenvalue weighted by atomic mass is 16.5. The van der Waals surface area contributed by atoms with Crippen molar-refractivity contribution in [1.29, 1.82) is 0 Å². The molecule has 0 saturated heterocycles. The average Bonchev–Trinajstić information content (AvgIpc) is 3.00. The van der Waals surface area contributed by atoms with Crippen molar-refractivity contribution in [3.05, 3.63) is 60.8 Å². The van der Waals surface area contributed by atoms with Crippen LogP contribution in [0, 0.1) is 0 Å². The minimum atomic E-state index is -0.714. The van der Waals surface area contributed by atoms with E-state index < -0.39 is 5.97 Å². The molecule has 0 bridgehead atoms. The zero-order chi connectivity index (χ0) is 32.2. The van der Waals surface area contributed by atoms with Gasteiger partial charge in [-0.15, -0.1) is 0 Å². The van der Waals surface area contributed by atoms with Crippen molar-refractivity contribution in [2.75, 3.05) is 0 Å². The van der Waals surface area contributed by atoms with Gasteiger partial charge in [-0.3, -0.25) is 9.59 Å². The first-order valence-corrected chi connectivity index (χ1v) is 18.3. The van der Waals surface area contributed by atoms with Crippen LogP contribution in [0.15, 0.2) is 60.8 Å². The van der Waals surface area contributed by atoms with Gasteiger partial charge in [-0.05, 0) is 89.9 Å². The van der Waals surface area contributed by atoms with Crippen LogP contribution in [0.4, 0.5) is 0 Å². The van der Waals surface area contributed by atoms with Crippen molar-refractivity contribution in [3.8, 4) is 0 Å². The predicted molar refractivity (Wildman–Crippen MR) is 190 cm³/mol. The van der Waals surface area contributed by atoms with Gasteiger partial charge in [-0.2, -0.15) is 0 Å². The SMILES string of the molecule is CC/C=C\C/C=C\C/C=C\C/C=C\CCC(CCCCCCCC(=O)O)OC(=O)CCCCCCC/C=C\CCCCCC. The molecule has 1 unspecified atom stereocenters. The monoisotopic (exact) mass is 613 g/mol. The van der Waals surface area contributed by atoms with E-state index in [-0.39, 0.29) is 18.5 Å². The van der Waals surface area contributed by atoms with Gasteiger partial charge in [-0.1, -0.05) is 132 Å². The maximum Gasteiger partial charge on any atom is 0.306 e. The summed E-state index contributed by atoms with van der Waals surface area (Å²) < 4.78 is 5.94. The average molecular weight is 613 g/mol. The molecule has 0 heterocycles. The Bertz CT molecular complexity index is 789. The Labute approximate surface area is 272 Å². The Morgan fingerprint density at radius 3 is 1.59 bits per heavy atom. The third kappa shape index (κ3) is 34.1. The molecule has 0 aromatic carbocycles. The van der Waals surface area contributed by atoms with Crippen LogP contribution in [0.1, 0.15) is 174 Å². The number of aliphatic carboxylic acids is 1. The Balaban J connectivity index is 4.23. The lowest BCUT2D eigenvalue weighted by Crippen LogP contribution is -2.18. The molecule has 0 aromatic heterocycles. The fourth-order valence-corrected chi connectivity index (χ4v) is 5.05. The molecular weight excluding hydrogens is 544 g/mol. The summed E-state index contributed by atoms with van der Waals surface area (Å²) in [5, 5.41) is 8.80. The van der Waals surface area contributed by atoms with E-state index in [9.17, 15) is 9.59 Å². The molecule has 1 atom stereocenters. The number of unbranched alkanes of at least 4 members (excludes halogenated alkanes) is 13. The molecule has 0 aliphatic rings. The number of carboxylic acids is 1. The van der Waals surface area contributed by atoms with E-state index in [0.29, 0.717) is 6.42 Å². The van der Waals surface area contributed by atoms with Crippen molar-refractivity contribution in [2.24, 2.45) is 0 Å². The molecule has 0 aromatic rings. The number of carbonyl (C=O) groups is 2. The molecule has 0 aliphatic carbocycles. The lowest BCUT2D eigenvalue weighted by molar-refractivity contribution is -0.150. The van der Waals surface area contributed by atoms with E-state index in [1.807, 2.05) is 0 Å². The molecule has 0 rings (SSSR count). The predicted octanol–water partition coefficient (Wildman–Crippen LogP) is 12.6. The Morgan fingerprint density at radius 2 is 1.00 bits per heavy atom. The normalized spacial score (nSPS) is 13.0. The number of rotatable bonds is 32. The van der Waals surface area contributed by atoms with Crippen LogP contribution in [-0.4, -0.2) is 23.1 Å². The fourth-order valence-electron chi connectivity index (χ4n) is 5.05. The number of ether oxygens (including phenoxy) is 1. The summed E-state index contributed by atoms with van der Waals surface area (Å²) in [6, 6.07) is 0. The number of hydrogen-bond donors (Lipinski definition) is 1. The molecule has 0 aliphatic heterocycles. The van der Waals surface area contributed by atoms with Gasteiger partial charge >= 0.3 is 11.9 Å². The molecule has 0 amide bonds. The van der Waals surface area contributed by atoms with Gasteiger partial charge in [0.1, 0.15) is 6.10 Å². The van der Waals surface area contributed by atoms with Gasteiger partial charge < -0.3 is 9.84 Å². The summed E-state index contributed by atoms with van der Waals surface area (Å²) in [6.45, 7) is 4.41. The number of hydrogen-bond acceptors (Lipinski definition) is 3. The lowest BCUT2D eigenvalue weighted by atomic mass is 10.0. The first-order chi connectivity index (χ1) is 21.6. The van der Waals surface area contributed by atoms with Crippen LogP contribution in [-0.2, 0) is 14.3 Å². The van der Waals surface area contributed by atoms with Crippen LogP contribution < -0.4 is 0 Å². The quantitative estimate of drug-likeness (QED) is 0.0466. The van der Waals surface area contributed by atoms with Gasteiger partial charge in [-0.25, -0.2) is 0 Å². The molecule has 0 fully saturated rings. The van der Waals surface area contributed by atoms with Crippen molar-refractivity contribution in [2.45, 2.75) is 180 Å². The zero-order valence-electron chi connectivity index (χ0n) is 28.7. The highest BCUT2D eigenvalue weighted by Gasteiger charge is 2.13. The van der Waals surface area contributed by atoms with E-state index in [2.05, 4.69) is 74.6 Å². The van der Waals surface area contributed by atoms with Crippen LogP contribution in [0.25, 0.3) is 0 Å². The summed E-state index contributed by atoms with van der Waals surface area (Å²) in [6.07, 6.45) is 48.0. The topological polar surface area (TPSA) is 63.6 Å². The van der Waals surface area contributed by atoms with Crippen molar-refractivity contribution in [1.82, 2.24) is 0 Å². The molecule has 44 heavy (non-hydrogen) atoms. The van der Waals surface area contributed by atoms with Gasteiger partial charge in [0.05, 0.1) is 0 Å². The Kier molecular flexibility index (Phi) is 33.2. The first-order valence-electron chi connectivity index (χ1n) is 18.3. The van der Waals surface area contributed by atoms with E-state index in [0.717, 1.165) is 89.9 Å². The highest BCUT2D eigenvalue weighted by molar-refractivity contribution is 5.69. The molecule has 4 heteroatoms. The van der Waals surface area contributed by atoms with Crippen LogP contribution in [0.2, 0.25) is 0 Å². The second kappa shape index (κ2) is 35.1. The largest absolute Gasteiger partial charge is 0.481 e. The number of allylic oxidation sites excluding steroid dienone is 10. The molecule has 0 radical (unpaired) electrons. The van der Waals surface area contributed by atoms with E-state index in [1.54, 1.807) is 0 Å². The zero-order valence-corrected chi connectivity index (χ0v) is 28.7. The van der Waals surface area contributed by atoms with E-state index in [1.165, 1.54) is 57.8 Å². The van der Waals surface area contributed by atoms with Crippen molar-refractivity contribution in [3.63, 3.8) is 0 Å². The Morgan fingerprint density at radius 1 is 0.523 bits per heavy atom. The van der Waals surface area contributed by atoms with Gasteiger partial charge in [0.2, 0.25) is 0 Å². The standard InChI is InChI=1S/C40H68O4/c1-3-5-7-9-11-13-15-17-19-21-23-26-30-34-38(35-31-27-25-28-32-36-39(41)42)44-40(43)37-33-29-24-22-20-18-16-14-12-10-8-6-4-2/h5,7,11,13-14,16-17,19,23,26,38H,3-4,6,8-10,12,15,18,20-22,24-25,27-37H2,1-2H3,(H,41,42)/b7-5-,13-11-,16-14-,19-17-,26-23-. The highest BCUT2D eigenvalue weighted by Crippen LogP contribution is 2.17. The molecule has 252 valence electrons. The minimum absolute atomic E-state index is 0.0256. The van der Waals surface area contributed by atoms with Gasteiger partial charge in [0, 0.05) is 12.8 Å². The number of carboxylic acid groups (broad SMARTS) is 1. The summed E-state index contributed by atoms with van der Waals surface area (Å²) in [5.74, 6) is -0.763. The van der Waals surface area contributed by atoms with Gasteiger partial charge in [0.25, 0.3) is 0 Å². The number of esters is 1. The first kappa shape index (κ1) is 41.6. The van der Waals surface area contributed by atoms with Crippen LogP contribution in [0.3, 0.4) is 0 Å². The summed E-state index contributed by atoms with van der Waals surface area (Å²) in [7, 11) is 0. The van der Waals surface area contributed by atoms with E-state index >= 15 is 0 Å². The molecule has 1 N–H and O–H groups in total. The number of carbonyl (C=O) groups excluding carboxylic acids is 1. The van der Waals surface area contributed by atoms with Crippen LogP contribution in [0.5, 0.6) is 0 Å². The summed E-state index contributed by atoms with van der Waals surface area (Å²) >= 11 is 0. The molecule has 4 nitrogen and oxygen atoms in total. The second-order valence-corrected chi connectivity index (χ2v) is 12.0. The third-order valence-corrected chi connectivity index (χ3v) is 7.73. The lowest BCUT2D eigenvalue weighted by Gasteiger charge is -2.17. The third-order valence-electron chi connectivity index (χ3n) is 7.73. The van der Waals surface area contributed by atoms with Crippen molar-refractivity contribution >= 4 is 11.9 Å². The minimum Gasteiger partial charge on any atom is -0.481 e. The fraction of sp³-hybridized carbons (Fsp3) is 0.700. The maximum atomic E-state index is 12.6. The second-order valence-electron chi connectivity index (χ2n) is 12.0. The van der Waals surface area contributed by atoms with Gasteiger partial charge in [0.15, 0.2) is 0 Å². The Hall–Kier alpha value is -2.36. The summed E-state index contributed by atoms with van der Waals surface area (Å²) in [4.78, 5) is 23.3. The molecule has 0 saturated carbocycles.